The fraction of sp³-hybridized carbons (Fsp3) is 0.391. The summed E-state index contributed by atoms with van der Waals surface area (Å²) in [5, 5.41) is 4.60. The normalized spacial score (nSPS) is 21.0. The minimum Gasteiger partial charge on any atom is -0.377 e. The van der Waals surface area contributed by atoms with Crippen LogP contribution in [0.1, 0.15) is 31.9 Å². The molecule has 4 heterocycles. The van der Waals surface area contributed by atoms with Gasteiger partial charge in [0.1, 0.15) is 0 Å². The van der Waals surface area contributed by atoms with Gasteiger partial charge < -0.3 is 14.5 Å². The standard InChI is InChI=1S/C23H26N4O2/c1-15-9-16(7-8-25(15)4)17-11-24-26(12-17)18-5-6-20-21(10-18)27(19-13-29-14-19)22(28)23(20,2)3/h5-7,9-12,19H,8,13-14H2,1-4H3. The van der Waals surface area contributed by atoms with Crippen LogP contribution in [0, 0.1) is 0 Å². The fourth-order valence-corrected chi connectivity index (χ4v) is 4.24. The molecule has 3 aliphatic heterocycles. The highest BCUT2D eigenvalue weighted by molar-refractivity contribution is 6.08. The number of allylic oxidation sites excluding steroid dienone is 3. The van der Waals surface area contributed by atoms with Crippen LogP contribution in [0.15, 0.2) is 48.4 Å². The highest BCUT2D eigenvalue weighted by Crippen LogP contribution is 2.44. The molecule has 0 radical (unpaired) electrons. The van der Waals surface area contributed by atoms with Crippen molar-refractivity contribution in [1.82, 2.24) is 14.7 Å². The second-order valence-electron chi connectivity index (χ2n) is 8.69. The van der Waals surface area contributed by atoms with Crippen molar-refractivity contribution in [2.24, 2.45) is 0 Å². The molecule has 1 saturated heterocycles. The second kappa shape index (κ2) is 6.32. The molecular weight excluding hydrogens is 364 g/mol. The zero-order valence-electron chi connectivity index (χ0n) is 17.3. The van der Waals surface area contributed by atoms with Crippen molar-refractivity contribution < 1.29 is 9.53 Å². The molecule has 5 rings (SSSR count). The summed E-state index contributed by atoms with van der Waals surface area (Å²) in [7, 11) is 2.09. The maximum absolute atomic E-state index is 13.1. The van der Waals surface area contributed by atoms with Crippen LogP contribution in [0.4, 0.5) is 5.69 Å². The Bertz CT molecular complexity index is 1060. The first-order chi connectivity index (χ1) is 13.9. The Labute approximate surface area is 171 Å². The van der Waals surface area contributed by atoms with E-state index in [9.17, 15) is 4.79 Å². The third kappa shape index (κ3) is 2.74. The molecule has 1 aromatic carbocycles. The number of carbonyl (C=O) groups excluding carboxylic acids is 1. The van der Waals surface area contributed by atoms with Gasteiger partial charge in [0.05, 0.1) is 42.2 Å². The molecule has 0 unspecified atom stereocenters. The molecule has 3 aliphatic rings. The number of rotatable bonds is 3. The molecule has 2 aromatic rings. The van der Waals surface area contributed by atoms with Crippen LogP contribution in [-0.2, 0) is 14.9 Å². The summed E-state index contributed by atoms with van der Waals surface area (Å²) in [6, 6.07) is 6.34. The number of hydrogen-bond donors (Lipinski definition) is 0. The molecule has 0 bridgehead atoms. The predicted octanol–water partition coefficient (Wildman–Crippen LogP) is 3.13. The third-order valence-corrected chi connectivity index (χ3v) is 6.39. The molecule has 0 aliphatic carbocycles. The fourth-order valence-electron chi connectivity index (χ4n) is 4.24. The van der Waals surface area contributed by atoms with Gasteiger partial charge in [0, 0.05) is 31.0 Å². The molecule has 6 heteroatoms. The van der Waals surface area contributed by atoms with Gasteiger partial charge in [-0.05, 0) is 50.1 Å². The first-order valence-electron chi connectivity index (χ1n) is 10.1. The van der Waals surface area contributed by atoms with Crippen LogP contribution in [0.25, 0.3) is 11.3 Å². The topological polar surface area (TPSA) is 50.6 Å². The molecule has 1 amide bonds. The molecule has 0 N–H and O–H groups in total. The maximum atomic E-state index is 13.1. The van der Waals surface area contributed by atoms with Crippen LogP contribution in [-0.4, -0.2) is 53.4 Å². The number of aromatic nitrogens is 2. The Morgan fingerprint density at radius 1 is 1.24 bits per heavy atom. The van der Waals surface area contributed by atoms with E-state index in [2.05, 4.69) is 60.5 Å². The van der Waals surface area contributed by atoms with E-state index in [0.717, 1.165) is 29.0 Å². The van der Waals surface area contributed by atoms with Crippen molar-refractivity contribution in [3.05, 3.63) is 59.6 Å². The molecule has 1 fully saturated rings. The van der Waals surface area contributed by atoms with Gasteiger partial charge in [0.25, 0.3) is 0 Å². The largest absolute Gasteiger partial charge is 0.377 e. The quantitative estimate of drug-likeness (QED) is 0.808. The molecule has 150 valence electrons. The Morgan fingerprint density at radius 3 is 2.72 bits per heavy atom. The third-order valence-electron chi connectivity index (χ3n) is 6.39. The molecule has 6 nitrogen and oxygen atoms in total. The first kappa shape index (κ1) is 18.2. The summed E-state index contributed by atoms with van der Waals surface area (Å²) in [5.41, 5.74) is 6.03. The van der Waals surface area contributed by atoms with Crippen molar-refractivity contribution in [1.29, 1.82) is 0 Å². The van der Waals surface area contributed by atoms with Crippen molar-refractivity contribution in [3.63, 3.8) is 0 Å². The number of fused-ring (bicyclic) bond motifs is 1. The van der Waals surface area contributed by atoms with Crippen LogP contribution < -0.4 is 4.90 Å². The lowest BCUT2D eigenvalue weighted by atomic mass is 9.86. The Kier molecular flexibility index (Phi) is 3.96. The van der Waals surface area contributed by atoms with Gasteiger partial charge in [-0.25, -0.2) is 4.68 Å². The lowest BCUT2D eigenvalue weighted by Gasteiger charge is -2.35. The molecular formula is C23H26N4O2. The van der Waals surface area contributed by atoms with Gasteiger partial charge in [0.2, 0.25) is 5.91 Å². The Balaban J connectivity index is 1.51. The molecule has 29 heavy (non-hydrogen) atoms. The second-order valence-corrected chi connectivity index (χ2v) is 8.69. The molecule has 1 aromatic heterocycles. The predicted molar refractivity (Wildman–Crippen MR) is 113 cm³/mol. The summed E-state index contributed by atoms with van der Waals surface area (Å²) in [4.78, 5) is 17.2. The van der Waals surface area contributed by atoms with E-state index in [4.69, 9.17) is 4.74 Å². The van der Waals surface area contributed by atoms with Crippen molar-refractivity contribution in [3.8, 4) is 5.69 Å². The highest BCUT2D eigenvalue weighted by Gasteiger charge is 2.48. The van der Waals surface area contributed by atoms with Gasteiger partial charge >= 0.3 is 0 Å². The number of hydrogen-bond acceptors (Lipinski definition) is 4. The zero-order chi connectivity index (χ0) is 20.3. The number of benzene rings is 1. The van der Waals surface area contributed by atoms with E-state index in [1.54, 1.807) is 0 Å². The SMILES string of the molecule is CC1=CC(c2cnn(-c3ccc4c(c3)N(C3COC3)C(=O)C4(C)C)c2)=CCN1C. The number of ether oxygens (including phenoxy) is 1. The summed E-state index contributed by atoms with van der Waals surface area (Å²) < 4.78 is 7.25. The van der Waals surface area contributed by atoms with Crippen LogP contribution in [0.3, 0.4) is 0 Å². The highest BCUT2D eigenvalue weighted by atomic mass is 16.5. The number of carbonyl (C=O) groups is 1. The number of likely N-dealkylation sites (N-methyl/N-ethyl adjacent to an activating group) is 1. The average Bonchev–Trinajstić information content (AvgIpc) is 3.21. The van der Waals surface area contributed by atoms with Gasteiger partial charge in [0.15, 0.2) is 0 Å². The van der Waals surface area contributed by atoms with E-state index in [1.165, 1.54) is 11.3 Å². The zero-order valence-corrected chi connectivity index (χ0v) is 17.3. The molecule has 0 atom stereocenters. The van der Waals surface area contributed by atoms with Gasteiger partial charge in [-0.2, -0.15) is 5.10 Å². The van der Waals surface area contributed by atoms with Crippen LogP contribution >= 0.6 is 0 Å². The Hall–Kier alpha value is -2.86. The lowest BCUT2D eigenvalue weighted by Crippen LogP contribution is -2.52. The smallest absolute Gasteiger partial charge is 0.237 e. The van der Waals surface area contributed by atoms with E-state index in [1.807, 2.05) is 29.6 Å². The van der Waals surface area contributed by atoms with Crippen LogP contribution in [0.2, 0.25) is 0 Å². The monoisotopic (exact) mass is 390 g/mol. The van der Waals surface area contributed by atoms with Crippen molar-refractivity contribution in [2.45, 2.75) is 32.2 Å². The summed E-state index contributed by atoms with van der Waals surface area (Å²) >= 11 is 0. The number of nitrogens with zero attached hydrogens (tertiary/aromatic N) is 4. The van der Waals surface area contributed by atoms with Gasteiger partial charge in [-0.1, -0.05) is 12.1 Å². The number of anilines is 1. The average molecular weight is 390 g/mol. The molecule has 0 spiro atoms. The number of amides is 1. The van der Waals surface area contributed by atoms with E-state index in [0.29, 0.717) is 13.2 Å². The lowest BCUT2D eigenvalue weighted by molar-refractivity contribution is -0.124. The minimum atomic E-state index is -0.514. The minimum absolute atomic E-state index is 0.129. The summed E-state index contributed by atoms with van der Waals surface area (Å²) in [6.45, 7) is 8.23. The summed E-state index contributed by atoms with van der Waals surface area (Å²) in [5.74, 6) is 0.149. The summed E-state index contributed by atoms with van der Waals surface area (Å²) in [6.07, 6.45) is 8.37. The van der Waals surface area contributed by atoms with Crippen molar-refractivity contribution in [2.75, 3.05) is 31.7 Å². The van der Waals surface area contributed by atoms with Crippen LogP contribution in [0.5, 0.6) is 0 Å². The van der Waals surface area contributed by atoms with Gasteiger partial charge in [-0.15, -0.1) is 0 Å². The van der Waals surface area contributed by atoms with E-state index in [-0.39, 0.29) is 11.9 Å². The Morgan fingerprint density at radius 2 is 2.03 bits per heavy atom. The maximum Gasteiger partial charge on any atom is 0.237 e. The van der Waals surface area contributed by atoms with E-state index < -0.39 is 5.41 Å². The van der Waals surface area contributed by atoms with Gasteiger partial charge in [-0.3, -0.25) is 4.79 Å². The van der Waals surface area contributed by atoms with E-state index >= 15 is 0 Å². The van der Waals surface area contributed by atoms with Crippen molar-refractivity contribution >= 4 is 17.2 Å². The first-order valence-corrected chi connectivity index (χ1v) is 10.1. The molecule has 0 saturated carbocycles.